The number of nitrogens with zero attached hydrogens (tertiary/aromatic N) is 1. The zero-order chi connectivity index (χ0) is 12.2. The van der Waals surface area contributed by atoms with Crippen molar-refractivity contribution in [3.8, 4) is 0 Å². The molecule has 1 aromatic rings. The number of aliphatic hydroxyl groups excluding tert-OH is 1. The van der Waals surface area contributed by atoms with Crippen LogP contribution in [0, 0.1) is 0 Å². The Morgan fingerprint density at radius 3 is 2.44 bits per heavy atom. The third-order valence-corrected chi connectivity index (χ3v) is 3.50. The van der Waals surface area contributed by atoms with Crippen LogP contribution < -0.4 is 4.90 Å². The molecule has 1 N–H and O–H groups in total. The van der Waals surface area contributed by atoms with Crippen molar-refractivity contribution >= 4 is 15.5 Å². The second kappa shape index (κ2) is 5.32. The summed E-state index contributed by atoms with van der Waals surface area (Å²) in [6.07, 6.45) is 1.19. The number of rotatable bonds is 5. The first-order valence-electron chi connectivity index (χ1n) is 5.15. The molecule has 0 aliphatic carbocycles. The van der Waals surface area contributed by atoms with Crippen molar-refractivity contribution in [1.82, 2.24) is 0 Å². The predicted octanol–water partition coefficient (Wildman–Crippen LogP) is 0.909. The highest BCUT2D eigenvalue weighted by molar-refractivity contribution is 7.90. The summed E-state index contributed by atoms with van der Waals surface area (Å²) >= 11 is 0. The van der Waals surface area contributed by atoms with Gasteiger partial charge >= 0.3 is 0 Å². The lowest BCUT2D eigenvalue weighted by atomic mass is 10.3. The first-order valence-corrected chi connectivity index (χ1v) is 7.04. The van der Waals surface area contributed by atoms with E-state index < -0.39 is 9.84 Å². The Bertz CT molecular complexity index is 442. The monoisotopic (exact) mass is 243 g/mol. The van der Waals surface area contributed by atoms with Crippen molar-refractivity contribution in [2.75, 3.05) is 30.9 Å². The second-order valence-corrected chi connectivity index (χ2v) is 5.53. The first kappa shape index (κ1) is 13.0. The molecule has 0 aliphatic heterocycles. The average Bonchev–Trinajstić information content (AvgIpc) is 2.25. The van der Waals surface area contributed by atoms with Crippen LogP contribution in [0.4, 0.5) is 5.69 Å². The van der Waals surface area contributed by atoms with E-state index in [2.05, 4.69) is 0 Å². The van der Waals surface area contributed by atoms with E-state index in [1.807, 2.05) is 11.8 Å². The number of likely N-dealkylation sites (N-methyl/N-ethyl adjacent to an activating group) is 1. The maximum Gasteiger partial charge on any atom is 0.177 e. The molecule has 16 heavy (non-hydrogen) atoms. The number of anilines is 1. The lowest BCUT2D eigenvalue weighted by Crippen LogP contribution is -2.27. The molecule has 1 rings (SSSR count). The van der Waals surface area contributed by atoms with Gasteiger partial charge in [0.25, 0.3) is 0 Å². The molecule has 90 valence electrons. The van der Waals surface area contributed by atoms with Crippen LogP contribution in [0.15, 0.2) is 29.2 Å². The van der Waals surface area contributed by atoms with Crippen LogP contribution in [-0.4, -0.2) is 39.5 Å². The van der Waals surface area contributed by atoms with Gasteiger partial charge in [-0.25, -0.2) is 8.42 Å². The molecule has 0 saturated carbocycles. The van der Waals surface area contributed by atoms with Gasteiger partial charge in [-0.2, -0.15) is 0 Å². The summed E-state index contributed by atoms with van der Waals surface area (Å²) in [6, 6.07) is 6.84. The third kappa shape index (κ3) is 2.96. The number of benzene rings is 1. The Kier molecular flexibility index (Phi) is 4.32. The smallest absolute Gasteiger partial charge is 0.177 e. The lowest BCUT2D eigenvalue weighted by molar-refractivity contribution is 0.302. The molecule has 0 aromatic heterocycles. The molecular formula is C11H17NO3S. The van der Waals surface area contributed by atoms with Crippen LogP contribution in [0.1, 0.15) is 6.92 Å². The summed E-state index contributed by atoms with van der Waals surface area (Å²) in [5, 5.41) is 8.93. The van der Waals surface area contributed by atoms with Gasteiger partial charge in [-0.1, -0.05) is 12.1 Å². The van der Waals surface area contributed by atoms with Gasteiger partial charge in [0.15, 0.2) is 9.84 Å². The lowest BCUT2D eigenvalue weighted by Gasteiger charge is -2.24. The van der Waals surface area contributed by atoms with Crippen molar-refractivity contribution in [3.05, 3.63) is 24.3 Å². The maximum absolute atomic E-state index is 11.6. The highest BCUT2D eigenvalue weighted by Gasteiger charge is 2.16. The molecule has 4 nitrogen and oxygen atoms in total. The molecule has 0 radical (unpaired) electrons. The van der Waals surface area contributed by atoms with E-state index in [1.165, 1.54) is 6.26 Å². The fourth-order valence-electron chi connectivity index (χ4n) is 1.60. The Morgan fingerprint density at radius 2 is 1.94 bits per heavy atom. The van der Waals surface area contributed by atoms with E-state index in [0.717, 1.165) is 0 Å². The van der Waals surface area contributed by atoms with Crippen LogP contribution in [0.5, 0.6) is 0 Å². The Morgan fingerprint density at radius 1 is 1.31 bits per heavy atom. The summed E-state index contributed by atoms with van der Waals surface area (Å²) in [4.78, 5) is 2.15. The van der Waals surface area contributed by atoms with Crippen molar-refractivity contribution in [2.45, 2.75) is 11.8 Å². The van der Waals surface area contributed by atoms with Gasteiger partial charge in [-0.15, -0.1) is 0 Å². The van der Waals surface area contributed by atoms with Crippen molar-refractivity contribution in [2.24, 2.45) is 0 Å². The number of sulfone groups is 1. The molecule has 0 fully saturated rings. The van der Waals surface area contributed by atoms with Crippen LogP contribution >= 0.6 is 0 Å². The summed E-state index contributed by atoms with van der Waals surface area (Å²) in [6.45, 7) is 3.02. The molecule has 0 atom stereocenters. The van der Waals surface area contributed by atoms with Crippen molar-refractivity contribution in [3.63, 3.8) is 0 Å². The highest BCUT2D eigenvalue weighted by atomic mass is 32.2. The highest BCUT2D eigenvalue weighted by Crippen LogP contribution is 2.24. The van der Waals surface area contributed by atoms with Crippen molar-refractivity contribution < 1.29 is 13.5 Å². The minimum Gasteiger partial charge on any atom is -0.395 e. The van der Waals surface area contributed by atoms with E-state index in [-0.39, 0.29) is 6.61 Å². The third-order valence-electron chi connectivity index (χ3n) is 2.36. The van der Waals surface area contributed by atoms with Crippen LogP contribution in [0.3, 0.4) is 0 Å². The molecule has 0 saturated heterocycles. The summed E-state index contributed by atoms with van der Waals surface area (Å²) in [5.41, 5.74) is 0.654. The van der Waals surface area contributed by atoms with Gasteiger partial charge in [-0.3, -0.25) is 0 Å². The van der Waals surface area contributed by atoms with E-state index in [0.29, 0.717) is 23.7 Å². The van der Waals surface area contributed by atoms with E-state index in [4.69, 9.17) is 5.11 Å². The Labute approximate surface area is 96.4 Å². The van der Waals surface area contributed by atoms with E-state index in [9.17, 15) is 8.42 Å². The molecular weight excluding hydrogens is 226 g/mol. The first-order chi connectivity index (χ1) is 7.50. The fourth-order valence-corrected chi connectivity index (χ4v) is 2.50. The summed E-state index contributed by atoms with van der Waals surface area (Å²) in [7, 11) is -3.23. The molecule has 5 heteroatoms. The van der Waals surface area contributed by atoms with Gasteiger partial charge in [0.1, 0.15) is 0 Å². The zero-order valence-corrected chi connectivity index (χ0v) is 10.4. The quantitative estimate of drug-likeness (QED) is 0.835. The van der Waals surface area contributed by atoms with Crippen LogP contribution in [0.2, 0.25) is 0 Å². The minimum absolute atomic E-state index is 0.00589. The largest absolute Gasteiger partial charge is 0.395 e. The van der Waals surface area contributed by atoms with Crippen molar-refractivity contribution in [1.29, 1.82) is 0 Å². The molecule has 0 aliphatic rings. The number of hydrogen-bond acceptors (Lipinski definition) is 4. The maximum atomic E-state index is 11.6. The standard InChI is InChI=1S/C11H17NO3S/c1-3-12(8-9-13)10-6-4-5-7-11(10)16(2,14)15/h4-7,13H,3,8-9H2,1-2H3. The van der Waals surface area contributed by atoms with Crippen LogP contribution in [0.25, 0.3) is 0 Å². The van der Waals surface area contributed by atoms with E-state index in [1.54, 1.807) is 24.3 Å². The van der Waals surface area contributed by atoms with Gasteiger partial charge < -0.3 is 10.0 Å². The zero-order valence-electron chi connectivity index (χ0n) is 9.55. The SMILES string of the molecule is CCN(CCO)c1ccccc1S(C)(=O)=O. The molecule has 0 bridgehead atoms. The number of aliphatic hydroxyl groups is 1. The molecule has 0 amide bonds. The van der Waals surface area contributed by atoms with Gasteiger partial charge in [0.05, 0.1) is 17.2 Å². The molecule has 0 heterocycles. The molecule has 1 aromatic carbocycles. The fraction of sp³-hybridized carbons (Fsp3) is 0.455. The summed E-state index contributed by atoms with van der Waals surface area (Å²) in [5.74, 6) is 0. The Balaban J connectivity index is 3.22. The number of hydrogen-bond donors (Lipinski definition) is 1. The predicted molar refractivity (Wildman–Crippen MR) is 64.5 cm³/mol. The van der Waals surface area contributed by atoms with Gasteiger partial charge in [0.2, 0.25) is 0 Å². The van der Waals surface area contributed by atoms with Gasteiger partial charge in [-0.05, 0) is 19.1 Å². The topological polar surface area (TPSA) is 57.6 Å². The average molecular weight is 243 g/mol. The summed E-state index contributed by atoms with van der Waals surface area (Å²) < 4.78 is 23.2. The molecule has 0 spiro atoms. The molecule has 0 unspecified atom stereocenters. The minimum atomic E-state index is -3.23. The van der Waals surface area contributed by atoms with Crippen LogP contribution in [-0.2, 0) is 9.84 Å². The second-order valence-electron chi connectivity index (χ2n) is 3.54. The Hall–Kier alpha value is -1.07. The van der Waals surface area contributed by atoms with Gasteiger partial charge in [0, 0.05) is 19.3 Å². The normalized spacial score (nSPS) is 11.4. The van der Waals surface area contributed by atoms with E-state index >= 15 is 0 Å². The number of para-hydroxylation sites is 1.